The van der Waals surface area contributed by atoms with Gasteiger partial charge in [0.25, 0.3) is 5.91 Å². The third-order valence-electron chi connectivity index (χ3n) is 2.53. The Labute approximate surface area is 116 Å². The first-order valence-corrected chi connectivity index (χ1v) is 6.03. The standard InChI is InChI=1S/C13H16ClNO4/c1-13(8-19-2,7-11(16)17)15-12(18)9-3-5-10(14)6-4-9/h3-6H,7-8H2,1-2H3,(H,15,18)(H,16,17). The summed E-state index contributed by atoms with van der Waals surface area (Å²) in [6.45, 7) is 1.73. The van der Waals surface area contributed by atoms with Crippen LogP contribution in [0.4, 0.5) is 0 Å². The second-order valence-corrected chi connectivity index (χ2v) is 4.96. The van der Waals surface area contributed by atoms with E-state index >= 15 is 0 Å². The van der Waals surface area contributed by atoms with Crippen molar-refractivity contribution < 1.29 is 19.4 Å². The number of carboxylic acids is 1. The number of ether oxygens (including phenoxy) is 1. The van der Waals surface area contributed by atoms with Gasteiger partial charge in [-0.25, -0.2) is 0 Å². The molecule has 1 aromatic carbocycles. The number of hydrogen-bond acceptors (Lipinski definition) is 3. The average molecular weight is 286 g/mol. The van der Waals surface area contributed by atoms with Crippen LogP contribution < -0.4 is 5.32 Å². The van der Waals surface area contributed by atoms with Gasteiger partial charge in [-0.2, -0.15) is 0 Å². The first kappa shape index (κ1) is 15.5. The predicted octanol–water partition coefficient (Wildman–Crippen LogP) is 1.95. The molecule has 0 saturated carbocycles. The number of hydrogen-bond donors (Lipinski definition) is 2. The largest absolute Gasteiger partial charge is 0.481 e. The molecular formula is C13H16ClNO4. The normalized spacial score (nSPS) is 13.6. The van der Waals surface area contributed by atoms with Crippen LogP contribution in [0.25, 0.3) is 0 Å². The minimum atomic E-state index is -1.00. The van der Waals surface area contributed by atoms with Gasteiger partial charge < -0.3 is 15.2 Å². The molecule has 1 amide bonds. The molecule has 2 N–H and O–H groups in total. The van der Waals surface area contributed by atoms with Gasteiger partial charge in [0.05, 0.1) is 18.6 Å². The Bertz CT molecular complexity index is 460. The monoisotopic (exact) mass is 285 g/mol. The van der Waals surface area contributed by atoms with Crippen molar-refractivity contribution in [1.29, 1.82) is 0 Å². The van der Waals surface area contributed by atoms with Crippen molar-refractivity contribution in [3.63, 3.8) is 0 Å². The molecule has 0 aliphatic carbocycles. The molecule has 1 atom stereocenters. The van der Waals surface area contributed by atoms with Crippen molar-refractivity contribution >= 4 is 23.5 Å². The highest BCUT2D eigenvalue weighted by Gasteiger charge is 2.29. The zero-order valence-electron chi connectivity index (χ0n) is 10.8. The van der Waals surface area contributed by atoms with E-state index in [1.165, 1.54) is 7.11 Å². The summed E-state index contributed by atoms with van der Waals surface area (Å²) in [6, 6.07) is 6.35. The number of amides is 1. The van der Waals surface area contributed by atoms with Gasteiger partial charge in [-0.1, -0.05) is 11.6 Å². The van der Waals surface area contributed by atoms with Gasteiger partial charge >= 0.3 is 5.97 Å². The number of benzene rings is 1. The zero-order chi connectivity index (χ0) is 14.5. The lowest BCUT2D eigenvalue weighted by molar-refractivity contribution is -0.139. The van der Waals surface area contributed by atoms with Crippen molar-refractivity contribution in [3.8, 4) is 0 Å². The number of rotatable bonds is 6. The van der Waals surface area contributed by atoms with Crippen molar-refractivity contribution in [1.82, 2.24) is 5.32 Å². The summed E-state index contributed by atoms with van der Waals surface area (Å²) >= 11 is 5.74. The molecule has 0 bridgehead atoms. The SMILES string of the molecule is COCC(C)(CC(=O)O)NC(=O)c1ccc(Cl)cc1. The molecule has 0 heterocycles. The first-order chi connectivity index (χ1) is 8.86. The fourth-order valence-corrected chi connectivity index (χ4v) is 1.86. The van der Waals surface area contributed by atoms with Crippen LogP contribution in [0.3, 0.4) is 0 Å². The van der Waals surface area contributed by atoms with E-state index in [-0.39, 0.29) is 18.9 Å². The van der Waals surface area contributed by atoms with E-state index in [4.69, 9.17) is 21.4 Å². The van der Waals surface area contributed by atoms with Crippen LogP contribution in [0, 0.1) is 0 Å². The zero-order valence-corrected chi connectivity index (χ0v) is 11.5. The van der Waals surface area contributed by atoms with Crippen molar-refractivity contribution in [2.45, 2.75) is 18.9 Å². The summed E-state index contributed by atoms with van der Waals surface area (Å²) in [5.41, 5.74) is -0.547. The molecule has 1 aromatic rings. The Balaban J connectivity index is 2.81. The molecule has 0 radical (unpaired) electrons. The van der Waals surface area contributed by atoms with E-state index in [9.17, 15) is 9.59 Å². The van der Waals surface area contributed by atoms with Gasteiger partial charge in [-0.05, 0) is 31.2 Å². The molecule has 0 spiro atoms. The van der Waals surface area contributed by atoms with Crippen LogP contribution in [0.5, 0.6) is 0 Å². The number of carbonyl (C=O) groups is 2. The number of aliphatic carboxylic acids is 1. The molecule has 1 unspecified atom stereocenters. The van der Waals surface area contributed by atoms with Crippen LogP contribution in [0.15, 0.2) is 24.3 Å². The molecule has 5 nitrogen and oxygen atoms in total. The Morgan fingerprint density at radius 3 is 2.42 bits per heavy atom. The quantitative estimate of drug-likeness (QED) is 0.838. The Hall–Kier alpha value is -1.59. The maximum absolute atomic E-state index is 12.0. The fraction of sp³-hybridized carbons (Fsp3) is 0.385. The summed E-state index contributed by atoms with van der Waals surface area (Å²) in [4.78, 5) is 22.9. The summed E-state index contributed by atoms with van der Waals surface area (Å²) in [6.07, 6.45) is -0.222. The van der Waals surface area contributed by atoms with Crippen LogP contribution in [-0.4, -0.2) is 36.2 Å². The molecular weight excluding hydrogens is 270 g/mol. The third-order valence-corrected chi connectivity index (χ3v) is 2.78. The molecule has 6 heteroatoms. The fourth-order valence-electron chi connectivity index (χ4n) is 1.73. The topological polar surface area (TPSA) is 75.6 Å². The van der Waals surface area contributed by atoms with E-state index in [0.717, 1.165) is 0 Å². The molecule has 1 rings (SSSR count). The predicted molar refractivity (Wildman–Crippen MR) is 71.5 cm³/mol. The van der Waals surface area contributed by atoms with Crippen LogP contribution in [0.2, 0.25) is 5.02 Å². The van der Waals surface area contributed by atoms with Crippen LogP contribution in [-0.2, 0) is 9.53 Å². The molecule has 104 valence electrons. The lowest BCUT2D eigenvalue weighted by Gasteiger charge is -2.28. The van der Waals surface area contributed by atoms with E-state index in [2.05, 4.69) is 5.32 Å². The number of carboxylic acid groups (broad SMARTS) is 1. The van der Waals surface area contributed by atoms with Crippen molar-refractivity contribution in [3.05, 3.63) is 34.9 Å². The number of nitrogens with one attached hydrogen (secondary N) is 1. The first-order valence-electron chi connectivity index (χ1n) is 5.65. The van der Waals surface area contributed by atoms with Gasteiger partial charge in [0.15, 0.2) is 0 Å². The minimum Gasteiger partial charge on any atom is -0.481 e. The van der Waals surface area contributed by atoms with Crippen LogP contribution >= 0.6 is 11.6 Å². The maximum atomic E-state index is 12.0. The van der Waals surface area contributed by atoms with Gasteiger partial charge in [-0.3, -0.25) is 9.59 Å². The molecule has 0 fully saturated rings. The van der Waals surface area contributed by atoms with Gasteiger partial charge in [-0.15, -0.1) is 0 Å². The summed E-state index contributed by atoms with van der Waals surface area (Å²) < 4.78 is 4.96. The lowest BCUT2D eigenvalue weighted by atomic mass is 9.98. The van der Waals surface area contributed by atoms with Crippen molar-refractivity contribution in [2.24, 2.45) is 0 Å². The summed E-state index contributed by atoms with van der Waals surface area (Å²) in [5.74, 6) is -1.37. The molecule has 0 saturated heterocycles. The van der Waals surface area contributed by atoms with Gasteiger partial charge in [0.1, 0.15) is 0 Å². The Morgan fingerprint density at radius 1 is 1.37 bits per heavy atom. The lowest BCUT2D eigenvalue weighted by Crippen LogP contribution is -2.50. The van der Waals surface area contributed by atoms with E-state index in [1.807, 2.05) is 0 Å². The van der Waals surface area contributed by atoms with Gasteiger partial charge in [0.2, 0.25) is 0 Å². The molecule has 0 aliphatic heterocycles. The number of carbonyl (C=O) groups excluding carboxylic acids is 1. The summed E-state index contributed by atoms with van der Waals surface area (Å²) in [5, 5.41) is 12.1. The van der Waals surface area contributed by atoms with E-state index < -0.39 is 11.5 Å². The van der Waals surface area contributed by atoms with E-state index in [1.54, 1.807) is 31.2 Å². The minimum absolute atomic E-state index is 0.110. The highest BCUT2D eigenvalue weighted by molar-refractivity contribution is 6.30. The molecule has 0 aliphatic rings. The Morgan fingerprint density at radius 2 is 1.95 bits per heavy atom. The number of methoxy groups -OCH3 is 1. The van der Waals surface area contributed by atoms with Gasteiger partial charge in [0, 0.05) is 17.7 Å². The number of halogens is 1. The smallest absolute Gasteiger partial charge is 0.305 e. The Kier molecular flexibility index (Phi) is 5.32. The molecule has 0 aromatic heterocycles. The highest BCUT2D eigenvalue weighted by Crippen LogP contribution is 2.14. The molecule has 19 heavy (non-hydrogen) atoms. The van der Waals surface area contributed by atoms with Crippen molar-refractivity contribution in [2.75, 3.05) is 13.7 Å². The second kappa shape index (κ2) is 6.54. The second-order valence-electron chi connectivity index (χ2n) is 4.53. The average Bonchev–Trinajstić information content (AvgIpc) is 2.28. The summed E-state index contributed by atoms with van der Waals surface area (Å²) in [7, 11) is 1.45. The third kappa shape index (κ3) is 4.89. The highest BCUT2D eigenvalue weighted by atomic mass is 35.5. The maximum Gasteiger partial charge on any atom is 0.305 e. The van der Waals surface area contributed by atoms with Crippen LogP contribution in [0.1, 0.15) is 23.7 Å². The van der Waals surface area contributed by atoms with E-state index in [0.29, 0.717) is 10.6 Å².